The molecule has 0 radical (unpaired) electrons. The van der Waals surface area contributed by atoms with Gasteiger partial charge in [-0.05, 0) is 90.0 Å². The molecule has 2 heterocycles. The Morgan fingerprint density at radius 2 is 1.64 bits per heavy atom. The molecule has 1 aliphatic rings. The third-order valence-electron chi connectivity index (χ3n) is 6.70. The van der Waals surface area contributed by atoms with E-state index in [0.29, 0.717) is 21.5 Å². The molecule has 0 aliphatic carbocycles. The number of methoxy groups -OCH3 is 1. The molecule has 5 aromatic rings. The van der Waals surface area contributed by atoms with Crippen LogP contribution in [0.4, 0.5) is 17.1 Å². The molecule has 4 aromatic carbocycles. The molecule has 5 nitrogen and oxygen atoms in total. The summed E-state index contributed by atoms with van der Waals surface area (Å²) in [6, 6.07) is 29.4. The van der Waals surface area contributed by atoms with Gasteiger partial charge in [0, 0.05) is 44.4 Å². The van der Waals surface area contributed by atoms with Crippen LogP contribution >= 0.6 is 34.8 Å². The van der Waals surface area contributed by atoms with Crippen LogP contribution < -0.4 is 15.1 Å². The molecule has 194 valence electrons. The number of ether oxygens (including phenoxy) is 1. The van der Waals surface area contributed by atoms with Gasteiger partial charge in [0.05, 0.1) is 30.1 Å². The van der Waals surface area contributed by atoms with Crippen LogP contribution in [0.15, 0.2) is 102 Å². The molecule has 6 rings (SSSR count). The Hall–Kier alpha value is -3.77. The largest absolute Gasteiger partial charge is 0.497 e. The molecule has 8 heteroatoms. The number of fused-ring (bicyclic) bond motifs is 1. The third kappa shape index (κ3) is 5.39. The molecule has 1 N–H and O–H groups in total. The lowest BCUT2D eigenvalue weighted by atomic mass is 9.97. The number of halogens is 3. The van der Waals surface area contributed by atoms with Gasteiger partial charge in [-0.1, -0.05) is 46.9 Å². The van der Waals surface area contributed by atoms with E-state index in [2.05, 4.69) is 22.4 Å². The molecule has 0 saturated heterocycles. The summed E-state index contributed by atoms with van der Waals surface area (Å²) < 4.78 is 5.34. The van der Waals surface area contributed by atoms with Crippen molar-refractivity contribution < 1.29 is 4.74 Å². The maximum Gasteiger partial charge on any atom is 0.118 e. The fourth-order valence-electron chi connectivity index (χ4n) is 4.85. The van der Waals surface area contributed by atoms with Crippen LogP contribution in [0.1, 0.15) is 23.6 Å². The Balaban J connectivity index is 1.36. The number of nitrogens with one attached hydrogen (secondary N) is 1. The molecule has 1 unspecified atom stereocenters. The van der Waals surface area contributed by atoms with Gasteiger partial charge in [0.15, 0.2) is 0 Å². The van der Waals surface area contributed by atoms with Gasteiger partial charge in [-0.25, -0.2) is 0 Å². The van der Waals surface area contributed by atoms with Crippen LogP contribution in [0.3, 0.4) is 0 Å². The Kier molecular flexibility index (Phi) is 7.05. The summed E-state index contributed by atoms with van der Waals surface area (Å²) in [5, 5.41) is 13.4. The van der Waals surface area contributed by atoms with Crippen molar-refractivity contribution in [3.8, 4) is 5.75 Å². The number of hydrazone groups is 1. The second-order valence-electron chi connectivity index (χ2n) is 9.24. The van der Waals surface area contributed by atoms with Gasteiger partial charge in [-0.15, -0.1) is 0 Å². The lowest BCUT2D eigenvalue weighted by Crippen LogP contribution is -2.18. The van der Waals surface area contributed by atoms with Crippen LogP contribution in [0.5, 0.6) is 5.75 Å². The van der Waals surface area contributed by atoms with Gasteiger partial charge >= 0.3 is 0 Å². The van der Waals surface area contributed by atoms with Crippen LogP contribution in [-0.2, 0) is 0 Å². The van der Waals surface area contributed by atoms with E-state index in [0.717, 1.165) is 50.6 Å². The van der Waals surface area contributed by atoms with Crippen molar-refractivity contribution in [1.29, 1.82) is 0 Å². The minimum absolute atomic E-state index is 0.0635. The monoisotopic (exact) mass is 572 g/mol. The average molecular weight is 574 g/mol. The number of pyridine rings is 1. The zero-order valence-electron chi connectivity index (χ0n) is 20.9. The highest BCUT2D eigenvalue weighted by Crippen LogP contribution is 2.40. The normalized spacial score (nSPS) is 14.9. The minimum atomic E-state index is -0.0635. The molecule has 1 aliphatic heterocycles. The van der Waals surface area contributed by atoms with E-state index in [1.165, 1.54) is 0 Å². The van der Waals surface area contributed by atoms with Gasteiger partial charge in [-0.2, -0.15) is 5.10 Å². The first-order chi connectivity index (χ1) is 19.0. The Morgan fingerprint density at radius 3 is 2.41 bits per heavy atom. The van der Waals surface area contributed by atoms with E-state index < -0.39 is 0 Å². The van der Waals surface area contributed by atoms with E-state index in [9.17, 15) is 0 Å². The van der Waals surface area contributed by atoms with Gasteiger partial charge in [0.25, 0.3) is 0 Å². The van der Waals surface area contributed by atoms with Crippen LogP contribution in [0.2, 0.25) is 15.1 Å². The molecular weight excluding hydrogens is 551 g/mol. The van der Waals surface area contributed by atoms with Crippen LogP contribution in [0.25, 0.3) is 10.9 Å². The van der Waals surface area contributed by atoms with Gasteiger partial charge in [0.2, 0.25) is 0 Å². The molecular formula is C31H23Cl3N4O. The number of hydrogen-bond donors (Lipinski definition) is 1. The number of rotatable bonds is 6. The van der Waals surface area contributed by atoms with E-state index in [1.54, 1.807) is 19.4 Å². The molecule has 0 fully saturated rings. The molecule has 39 heavy (non-hydrogen) atoms. The smallest absolute Gasteiger partial charge is 0.118 e. The fraction of sp³-hybridized carbons (Fsp3) is 0.0968. The Bertz CT molecular complexity index is 1680. The van der Waals surface area contributed by atoms with Crippen molar-refractivity contribution in [1.82, 2.24) is 4.98 Å². The summed E-state index contributed by atoms with van der Waals surface area (Å²) in [5.74, 6) is 0.803. The van der Waals surface area contributed by atoms with E-state index >= 15 is 0 Å². The Labute approximate surface area is 241 Å². The number of aromatic nitrogens is 1. The van der Waals surface area contributed by atoms with Crippen molar-refractivity contribution in [3.05, 3.63) is 123 Å². The number of nitrogens with zero attached hydrogens (tertiary/aromatic N) is 3. The summed E-state index contributed by atoms with van der Waals surface area (Å²) >= 11 is 19.0. The van der Waals surface area contributed by atoms with E-state index in [-0.39, 0.29) is 6.04 Å². The summed E-state index contributed by atoms with van der Waals surface area (Å²) in [6.07, 6.45) is 2.48. The molecule has 0 spiro atoms. The standard InChI is InChI=1S/C31H23Cl3N4O/c1-39-26-8-5-19(6-9-26)29-18-31(38(37-29)25-15-22(33)14-23(34)16-25)20-3-2-4-24(13-20)36-28-11-12-35-30-17-21(32)7-10-27(28)30/h2-17,31H,18H2,1H3,(H,35,36). The highest BCUT2D eigenvalue weighted by atomic mass is 35.5. The maximum absolute atomic E-state index is 6.39. The quantitative estimate of drug-likeness (QED) is 0.220. The third-order valence-corrected chi connectivity index (χ3v) is 7.37. The summed E-state index contributed by atoms with van der Waals surface area (Å²) in [4.78, 5) is 4.45. The van der Waals surface area contributed by atoms with Crippen molar-refractivity contribution in [3.63, 3.8) is 0 Å². The predicted octanol–water partition coefficient (Wildman–Crippen LogP) is 9.30. The lowest BCUT2D eigenvalue weighted by molar-refractivity contribution is 0.415. The summed E-state index contributed by atoms with van der Waals surface area (Å²) in [6.45, 7) is 0. The van der Waals surface area contributed by atoms with Crippen molar-refractivity contribution in [2.75, 3.05) is 17.4 Å². The highest BCUT2D eigenvalue weighted by molar-refractivity contribution is 6.35. The highest BCUT2D eigenvalue weighted by Gasteiger charge is 2.30. The molecule has 1 aromatic heterocycles. The molecule has 0 bridgehead atoms. The number of benzene rings is 4. The first-order valence-corrected chi connectivity index (χ1v) is 13.5. The lowest BCUT2D eigenvalue weighted by Gasteiger charge is -2.25. The van der Waals surface area contributed by atoms with Crippen molar-refractivity contribution in [2.24, 2.45) is 5.10 Å². The first-order valence-electron chi connectivity index (χ1n) is 12.4. The fourth-order valence-corrected chi connectivity index (χ4v) is 5.53. The zero-order valence-corrected chi connectivity index (χ0v) is 23.2. The van der Waals surface area contributed by atoms with Crippen molar-refractivity contribution in [2.45, 2.75) is 12.5 Å². The zero-order chi connectivity index (χ0) is 26.9. The van der Waals surface area contributed by atoms with Crippen LogP contribution in [0, 0.1) is 0 Å². The number of hydrogen-bond acceptors (Lipinski definition) is 5. The summed E-state index contributed by atoms with van der Waals surface area (Å²) in [5.41, 5.74) is 6.68. The molecule has 0 amide bonds. The second-order valence-corrected chi connectivity index (χ2v) is 10.5. The number of anilines is 3. The second kappa shape index (κ2) is 10.8. The SMILES string of the molecule is COc1ccc(C2=NN(c3cc(Cl)cc(Cl)c3)C(c3cccc(Nc4ccnc5cc(Cl)ccc45)c3)C2)cc1. The van der Waals surface area contributed by atoms with E-state index in [1.807, 2.05) is 77.8 Å². The molecule has 1 atom stereocenters. The minimum Gasteiger partial charge on any atom is -0.497 e. The topological polar surface area (TPSA) is 49.8 Å². The van der Waals surface area contributed by atoms with Crippen molar-refractivity contribution >= 4 is 68.5 Å². The first kappa shape index (κ1) is 25.5. The van der Waals surface area contributed by atoms with Gasteiger partial charge in [0.1, 0.15) is 5.75 Å². The maximum atomic E-state index is 6.39. The average Bonchev–Trinajstić information content (AvgIpc) is 3.39. The predicted molar refractivity (Wildman–Crippen MR) is 162 cm³/mol. The summed E-state index contributed by atoms with van der Waals surface area (Å²) in [7, 11) is 1.66. The van der Waals surface area contributed by atoms with E-state index in [4.69, 9.17) is 44.6 Å². The van der Waals surface area contributed by atoms with Gasteiger partial charge < -0.3 is 10.1 Å². The molecule has 0 saturated carbocycles. The van der Waals surface area contributed by atoms with Crippen LogP contribution in [-0.4, -0.2) is 17.8 Å². The Morgan fingerprint density at radius 1 is 0.846 bits per heavy atom. The van der Waals surface area contributed by atoms with Gasteiger partial charge in [-0.3, -0.25) is 9.99 Å².